The molecule has 8 heteroatoms. The second-order valence-electron chi connectivity index (χ2n) is 6.96. The molecule has 4 aromatic rings. The maximum absolute atomic E-state index is 4.68. The van der Waals surface area contributed by atoms with Crippen molar-refractivity contribution in [2.24, 2.45) is 0 Å². The molecule has 0 aliphatic carbocycles. The first-order valence-corrected chi connectivity index (χ1v) is 10.3. The van der Waals surface area contributed by atoms with Gasteiger partial charge in [0.1, 0.15) is 12.1 Å². The minimum atomic E-state index is 0.636. The number of rotatable bonds is 4. The van der Waals surface area contributed by atoms with Gasteiger partial charge in [0.25, 0.3) is 5.78 Å². The lowest BCUT2D eigenvalue weighted by atomic mass is 10.1. The van der Waals surface area contributed by atoms with Crippen molar-refractivity contribution in [3.63, 3.8) is 0 Å². The van der Waals surface area contributed by atoms with Crippen molar-refractivity contribution < 1.29 is 0 Å². The molecule has 0 atom stereocenters. The molecule has 0 spiro atoms. The van der Waals surface area contributed by atoms with Gasteiger partial charge in [-0.15, -0.1) is 11.3 Å². The Bertz CT molecular complexity index is 1080. The standard InChI is InChI=1S/C20H21N7S/c1-15-23-17(13-28-15)12-25-7-9-26(10-8-25)19-11-18(16-5-3-2-4-6-16)24-20-21-14-22-27(19)20/h2-6,11,13-14H,7-10,12H2,1H3. The fourth-order valence-corrected chi connectivity index (χ4v) is 4.23. The fourth-order valence-electron chi connectivity index (χ4n) is 3.62. The summed E-state index contributed by atoms with van der Waals surface area (Å²) in [5, 5.41) is 7.69. The van der Waals surface area contributed by atoms with Gasteiger partial charge in [0, 0.05) is 49.7 Å². The molecular weight excluding hydrogens is 370 g/mol. The topological polar surface area (TPSA) is 62.5 Å². The van der Waals surface area contributed by atoms with Crippen LogP contribution in [0.5, 0.6) is 0 Å². The average molecular weight is 392 g/mol. The molecule has 0 saturated carbocycles. The van der Waals surface area contributed by atoms with Gasteiger partial charge in [0.15, 0.2) is 0 Å². The van der Waals surface area contributed by atoms with Crippen LogP contribution in [0, 0.1) is 6.92 Å². The SMILES string of the molecule is Cc1nc(CN2CCN(c3cc(-c4ccccc4)nc4ncnn34)CC2)cs1. The van der Waals surface area contributed by atoms with Crippen molar-refractivity contribution in [2.75, 3.05) is 31.1 Å². The third kappa shape index (κ3) is 3.36. The predicted molar refractivity (Wildman–Crippen MR) is 111 cm³/mol. The van der Waals surface area contributed by atoms with Crippen molar-refractivity contribution in [1.29, 1.82) is 0 Å². The summed E-state index contributed by atoms with van der Waals surface area (Å²) in [6.07, 6.45) is 1.57. The minimum absolute atomic E-state index is 0.636. The summed E-state index contributed by atoms with van der Waals surface area (Å²) < 4.78 is 1.84. The van der Waals surface area contributed by atoms with E-state index in [2.05, 4.69) is 60.4 Å². The summed E-state index contributed by atoms with van der Waals surface area (Å²) in [5.41, 5.74) is 3.19. The number of hydrogen-bond acceptors (Lipinski definition) is 7. The molecule has 1 fully saturated rings. The highest BCUT2D eigenvalue weighted by molar-refractivity contribution is 7.09. The number of nitrogens with zero attached hydrogens (tertiary/aromatic N) is 7. The van der Waals surface area contributed by atoms with E-state index in [1.165, 1.54) is 5.69 Å². The number of anilines is 1. The highest BCUT2D eigenvalue weighted by Gasteiger charge is 2.21. The molecular formula is C20H21N7S. The second kappa shape index (κ2) is 7.29. The molecule has 3 aromatic heterocycles. The maximum Gasteiger partial charge on any atom is 0.254 e. The van der Waals surface area contributed by atoms with Gasteiger partial charge in [-0.2, -0.15) is 14.6 Å². The number of thiazole rings is 1. The first kappa shape index (κ1) is 17.3. The largest absolute Gasteiger partial charge is 0.354 e. The molecule has 142 valence electrons. The van der Waals surface area contributed by atoms with Crippen LogP contribution in [0.4, 0.5) is 5.82 Å². The Hall–Kier alpha value is -2.84. The summed E-state index contributed by atoms with van der Waals surface area (Å²) in [7, 11) is 0. The molecule has 7 nitrogen and oxygen atoms in total. The van der Waals surface area contributed by atoms with Crippen LogP contribution in [-0.2, 0) is 6.54 Å². The number of piperazine rings is 1. The highest BCUT2D eigenvalue weighted by Crippen LogP contribution is 2.24. The minimum Gasteiger partial charge on any atom is -0.354 e. The zero-order chi connectivity index (χ0) is 18.9. The number of aromatic nitrogens is 5. The molecule has 4 heterocycles. The van der Waals surface area contributed by atoms with Crippen LogP contribution in [0.15, 0.2) is 48.1 Å². The Kier molecular flexibility index (Phi) is 4.50. The van der Waals surface area contributed by atoms with Crippen molar-refractivity contribution in [2.45, 2.75) is 13.5 Å². The van der Waals surface area contributed by atoms with Crippen molar-refractivity contribution in [1.82, 2.24) is 29.5 Å². The van der Waals surface area contributed by atoms with Gasteiger partial charge in [-0.25, -0.2) is 9.97 Å². The van der Waals surface area contributed by atoms with E-state index in [4.69, 9.17) is 0 Å². The quantitative estimate of drug-likeness (QED) is 0.533. The molecule has 1 saturated heterocycles. The first-order valence-electron chi connectivity index (χ1n) is 9.41. The number of fused-ring (bicyclic) bond motifs is 1. The lowest BCUT2D eigenvalue weighted by Gasteiger charge is -2.35. The van der Waals surface area contributed by atoms with E-state index in [1.807, 2.05) is 22.7 Å². The summed E-state index contributed by atoms with van der Waals surface area (Å²) in [5.74, 6) is 1.68. The smallest absolute Gasteiger partial charge is 0.254 e. The van der Waals surface area contributed by atoms with Gasteiger partial charge in [-0.3, -0.25) is 4.90 Å². The van der Waals surface area contributed by atoms with Gasteiger partial charge in [0.2, 0.25) is 0 Å². The van der Waals surface area contributed by atoms with E-state index in [1.54, 1.807) is 17.7 Å². The summed E-state index contributed by atoms with van der Waals surface area (Å²) in [6.45, 7) is 6.85. The van der Waals surface area contributed by atoms with Crippen LogP contribution < -0.4 is 4.90 Å². The first-order chi connectivity index (χ1) is 13.8. The Morgan fingerprint density at radius 1 is 1.04 bits per heavy atom. The zero-order valence-corrected chi connectivity index (χ0v) is 16.5. The molecule has 0 N–H and O–H groups in total. The number of hydrogen-bond donors (Lipinski definition) is 0. The average Bonchev–Trinajstić information content (AvgIpc) is 3.37. The monoisotopic (exact) mass is 391 g/mol. The van der Waals surface area contributed by atoms with E-state index in [0.29, 0.717) is 5.78 Å². The summed E-state index contributed by atoms with van der Waals surface area (Å²) in [4.78, 5) is 18.4. The van der Waals surface area contributed by atoms with E-state index in [-0.39, 0.29) is 0 Å². The van der Waals surface area contributed by atoms with Crippen molar-refractivity contribution in [3.8, 4) is 11.3 Å². The van der Waals surface area contributed by atoms with E-state index < -0.39 is 0 Å². The second-order valence-corrected chi connectivity index (χ2v) is 8.02. The molecule has 0 bridgehead atoms. The normalized spacial score (nSPS) is 15.4. The van der Waals surface area contributed by atoms with Gasteiger partial charge in [-0.1, -0.05) is 30.3 Å². The van der Waals surface area contributed by atoms with Crippen LogP contribution in [0.2, 0.25) is 0 Å². The predicted octanol–water partition coefficient (Wildman–Crippen LogP) is 2.88. The Balaban J connectivity index is 1.38. The molecule has 1 aliphatic rings. The highest BCUT2D eigenvalue weighted by atomic mass is 32.1. The zero-order valence-electron chi connectivity index (χ0n) is 15.7. The molecule has 1 aliphatic heterocycles. The van der Waals surface area contributed by atoms with Gasteiger partial charge >= 0.3 is 0 Å². The van der Waals surface area contributed by atoms with E-state index in [9.17, 15) is 0 Å². The van der Waals surface area contributed by atoms with Gasteiger partial charge in [0.05, 0.1) is 16.4 Å². The summed E-state index contributed by atoms with van der Waals surface area (Å²) >= 11 is 1.72. The van der Waals surface area contributed by atoms with Crippen LogP contribution in [0.25, 0.3) is 17.0 Å². The Morgan fingerprint density at radius 2 is 1.86 bits per heavy atom. The maximum atomic E-state index is 4.68. The Morgan fingerprint density at radius 3 is 2.61 bits per heavy atom. The third-order valence-electron chi connectivity index (χ3n) is 5.05. The third-order valence-corrected chi connectivity index (χ3v) is 5.87. The van der Waals surface area contributed by atoms with Crippen LogP contribution in [0.3, 0.4) is 0 Å². The van der Waals surface area contributed by atoms with Crippen LogP contribution >= 0.6 is 11.3 Å². The van der Waals surface area contributed by atoms with Crippen LogP contribution in [0.1, 0.15) is 10.7 Å². The molecule has 0 amide bonds. The van der Waals surface area contributed by atoms with E-state index >= 15 is 0 Å². The van der Waals surface area contributed by atoms with E-state index in [0.717, 1.165) is 54.8 Å². The van der Waals surface area contributed by atoms with Crippen LogP contribution in [-0.4, -0.2) is 55.6 Å². The molecule has 0 unspecified atom stereocenters. The Labute approximate surface area is 167 Å². The fraction of sp³-hybridized carbons (Fsp3) is 0.300. The van der Waals surface area contributed by atoms with Gasteiger partial charge in [-0.05, 0) is 6.92 Å². The van der Waals surface area contributed by atoms with Gasteiger partial charge < -0.3 is 4.90 Å². The van der Waals surface area contributed by atoms with Crippen molar-refractivity contribution >= 4 is 22.9 Å². The lowest BCUT2D eigenvalue weighted by molar-refractivity contribution is 0.246. The number of aryl methyl sites for hydroxylation is 1. The molecule has 28 heavy (non-hydrogen) atoms. The summed E-state index contributed by atoms with van der Waals surface area (Å²) in [6, 6.07) is 12.4. The lowest BCUT2D eigenvalue weighted by Crippen LogP contribution is -2.46. The molecule has 1 aromatic carbocycles. The number of benzene rings is 1. The molecule has 5 rings (SSSR count). The molecule has 0 radical (unpaired) electrons. The van der Waals surface area contributed by atoms with Crippen molar-refractivity contribution in [3.05, 3.63) is 58.8 Å².